The summed E-state index contributed by atoms with van der Waals surface area (Å²) in [5.41, 5.74) is 5.28. The largest absolute Gasteiger partial charge is 0.494 e. The lowest BCUT2D eigenvalue weighted by Gasteiger charge is -2.11. The van der Waals surface area contributed by atoms with Gasteiger partial charge in [-0.05, 0) is 108 Å². The average molecular weight is 621 g/mol. The highest BCUT2D eigenvalue weighted by molar-refractivity contribution is 8.14. The summed E-state index contributed by atoms with van der Waals surface area (Å²) in [5, 5.41) is 9.15. The molecule has 7 nitrogen and oxygen atoms in total. The SMILES string of the molecule is C=CC(=O)OCCCCCCOc1ccc2c(c1)C(C)c1cc(SC(=O)c3ccc(OCCOC(O)C(=C)F)cc3)ccc1-2. The second-order valence-corrected chi connectivity index (χ2v) is 11.3. The van der Waals surface area contributed by atoms with Crippen molar-refractivity contribution in [2.24, 2.45) is 0 Å². The van der Waals surface area contributed by atoms with E-state index in [0.29, 0.717) is 24.5 Å². The van der Waals surface area contributed by atoms with Gasteiger partial charge in [0, 0.05) is 22.5 Å². The van der Waals surface area contributed by atoms with Gasteiger partial charge in [0.25, 0.3) is 0 Å². The topological polar surface area (TPSA) is 91.3 Å². The number of fused-ring (bicyclic) bond motifs is 3. The predicted octanol–water partition coefficient (Wildman–Crippen LogP) is 7.62. The predicted molar refractivity (Wildman–Crippen MR) is 169 cm³/mol. The Labute approximate surface area is 261 Å². The zero-order valence-corrected chi connectivity index (χ0v) is 25.6. The number of esters is 1. The third-order valence-corrected chi connectivity index (χ3v) is 8.09. The first-order chi connectivity index (χ1) is 21.3. The number of ether oxygens (including phenoxy) is 4. The monoisotopic (exact) mass is 620 g/mol. The van der Waals surface area contributed by atoms with Crippen LogP contribution >= 0.6 is 11.8 Å². The van der Waals surface area contributed by atoms with Crippen molar-refractivity contribution in [1.29, 1.82) is 0 Å². The maximum absolute atomic E-state index is 13.0. The summed E-state index contributed by atoms with van der Waals surface area (Å²) >= 11 is 1.18. The van der Waals surface area contributed by atoms with Crippen molar-refractivity contribution < 1.29 is 38.0 Å². The first-order valence-electron chi connectivity index (χ1n) is 14.6. The maximum Gasteiger partial charge on any atom is 0.330 e. The van der Waals surface area contributed by atoms with Gasteiger partial charge in [0.05, 0.1) is 19.8 Å². The lowest BCUT2D eigenvalue weighted by molar-refractivity contribution is -0.137. The molecule has 1 aliphatic rings. The lowest BCUT2D eigenvalue weighted by atomic mass is 9.99. The molecule has 0 heterocycles. The van der Waals surface area contributed by atoms with Gasteiger partial charge in [-0.2, -0.15) is 0 Å². The Balaban J connectivity index is 1.25. The summed E-state index contributed by atoms with van der Waals surface area (Å²) in [6.07, 6.45) is 3.22. The van der Waals surface area contributed by atoms with E-state index in [1.165, 1.54) is 40.1 Å². The van der Waals surface area contributed by atoms with E-state index in [1.54, 1.807) is 24.3 Å². The zero-order chi connectivity index (χ0) is 31.5. The van der Waals surface area contributed by atoms with Crippen LogP contribution in [0.4, 0.5) is 4.39 Å². The van der Waals surface area contributed by atoms with Gasteiger partial charge in [0.2, 0.25) is 11.4 Å². The molecule has 0 saturated heterocycles. The van der Waals surface area contributed by atoms with E-state index in [-0.39, 0.29) is 30.2 Å². The number of hydrogen-bond donors (Lipinski definition) is 1. The molecule has 9 heteroatoms. The number of halogens is 1. The van der Waals surface area contributed by atoms with Gasteiger partial charge in [-0.1, -0.05) is 32.2 Å². The molecule has 1 N–H and O–H groups in total. The normalized spacial score (nSPS) is 13.8. The van der Waals surface area contributed by atoms with Crippen molar-refractivity contribution in [3.8, 4) is 22.6 Å². The molecule has 0 radical (unpaired) electrons. The molecule has 0 amide bonds. The minimum Gasteiger partial charge on any atom is -0.494 e. The summed E-state index contributed by atoms with van der Waals surface area (Å²) in [6, 6.07) is 19.1. The molecule has 0 spiro atoms. The molecule has 0 fully saturated rings. The molecular weight excluding hydrogens is 583 g/mol. The van der Waals surface area contributed by atoms with Crippen molar-refractivity contribution in [1.82, 2.24) is 0 Å². The van der Waals surface area contributed by atoms with E-state index in [1.807, 2.05) is 12.1 Å². The van der Waals surface area contributed by atoms with Crippen LogP contribution in [0.1, 0.15) is 60.0 Å². The van der Waals surface area contributed by atoms with Crippen LogP contribution in [0.25, 0.3) is 11.1 Å². The zero-order valence-electron chi connectivity index (χ0n) is 24.8. The first-order valence-corrected chi connectivity index (χ1v) is 15.4. The van der Waals surface area contributed by atoms with Crippen LogP contribution in [-0.2, 0) is 14.3 Å². The van der Waals surface area contributed by atoms with Crippen molar-refractivity contribution >= 4 is 22.8 Å². The Kier molecular flexibility index (Phi) is 12.2. The van der Waals surface area contributed by atoms with Crippen molar-refractivity contribution in [3.05, 3.63) is 102 Å². The molecule has 3 aromatic carbocycles. The van der Waals surface area contributed by atoms with E-state index in [4.69, 9.17) is 18.9 Å². The highest BCUT2D eigenvalue weighted by Gasteiger charge is 2.26. The van der Waals surface area contributed by atoms with Gasteiger partial charge in [-0.25, -0.2) is 9.18 Å². The molecule has 2 atom stereocenters. The number of aliphatic hydroxyl groups is 1. The quantitative estimate of drug-likeness (QED) is 0.0542. The van der Waals surface area contributed by atoms with Gasteiger partial charge in [-0.15, -0.1) is 0 Å². The van der Waals surface area contributed by atoms with Gasteiger partial charge >= 0.3 is 5.97 Å². The molecule has 0 aromatic heterocycles. The van der Waals surface area contributed by atoms with E-state index in [0.717, 1.165) is 36.3 Å². The smallest absolute Gasteiger partial charge is 0.330 e. The Morgan fingerprint density at radius 2 is 1.52 bits per heavy atom. The highest BCUT2D eigenvalue weighted by Crippen LogP contribution is 2.47. The number of hydrogen-bond acceptors (Lipinski definition) is 8. The molecule has 1 aliphatic carbocycles. The van der Waals surface area contributed by atoms with Crippen LogP contribution in [0.15, 0.2) is 90.6 Å². The number of carbonyl (C=O) groups is 2. The average Bonchev–Trinajstić information content (AvgIpc) is 3.30. The standard InChI is InChI=1S/C35H37FO7S/c1-4-33(37)42-18-8-6-5-7-17-40-27-13-15-29-30-16-14-28(22-32(30)23(2)31(29)21-27)44-35(39)25-9-11-26(12-10-25)41-19-20-43-34(38)24(3)36/h4,9-16,21-23,34,38H,1,3,5-8,17-20H2,2H3. The fourth-order valence-corrected chi connectivity index (χ4v) is 5.64. The molecule has 3 aromatic rings. The Morgan fingerprint density at radius 1 is 0.886 bits per heavy atom. The van der Waals surface area contributed by atoms with E-state index < -0.39 is 12.1 Å². The Morgan fingerprint density at radius 3 is 2.23 bits per heavy atom. The van der Waals surface area contributed by atoms with Crippen LogP contribution < -0.4 is 9.47 Å². The molecule has 4 rings (SSSR count). The van der Waals surface area contributed by atoms with E-state index in [2.05, 4.69) is 44.3 Å². The summed E-state index contributed by atoms with van der Waals surface area (Å²) in [5.74, 6) is 0.193. The Hall–Kier alpha value is -3.92. The third kappa shape index (κ3) is 9.05. The molecule has 232 valence electrons. The summed E-state index contributed by atoms with van der Waals surface area (Å²) in [6.45, 7) is 9.65. The number of carbonyl (C=O) groups excluding carboxylic acids is 2. The molecule has 0 saturated carbocycles. The highest BCUT2D eigenvalue weighted by atomic mass is 32.2. The minimum atomic E-state index is -1.67. The van der Waals surface area contributed by atoms with Crippen molar-refractivity contribution in [3.63, 3.8) is 0 Å². The molecule has 2 unspecified atom stereocenters. The van der Waals surface area contributed by atoms with Crippen LogP contribution in [0.2, 0.25) is 0 Å². The first kappa shape index (κ1) is 33.0. The lowest BCUT2D eigenvalue weighted by Crippen LogP contribution is -2.16. The molecule has 0 aliphatic heterocycles. The number of benzene rings is 3. The number of unbranched alkanes of at least 4 members (excludes halogenated alkanes) is 3. The fraction of sp³-hybridized carbons (Fsp3) is 0.314. The van der Waals surface area contributed by atoms with Gasteiger partial charge in [0.15, 0.2) is 0 Å². The second-order valence-electron chi connectivity index (χ2n) is 10.3. The summed E-state index contributed by atoms with van der Waals surface area (Å²) < 4.78 is 34.1. The van der Waals surface area contributed by atoms with Gasteiger partial charge in [0.1, 0.15) is 23.9 Å². The number of aliphatic hydroxyl groups excluding tert-OH is 1. The molecular formula is C35H37FO7S. The van der Waals surface area contributed by atoms with Crippen molar-refractivity contribution in [2.75, 3.05) is 26.4 Å². The summed E-state index contributed by atoms with van der Waals surface area (Å²) in [7, 11) is 0. The Bertz CT molecular complexity index is 1470. The molecule has 44 heavy (non-hydrogen) atoms. The van der Waals surface area contributed by atoms with Gasteiger partial charge in [-0.3, -0.25) is 4.79 Å². The minimum absolute atomic E-state index is 0.0190. The maximum atomic E-state index is 13.0. The second kappa shape index (κ2) is 16.2. The number of rotatable bonds is 17. The van der Waals surface area contributed by atoms with Crippen molar-refractivity contribution in [2.45, 2.75) is 49.7 Å². The molecule has 0 bridgehead atoms. The van der Waals surface area contributed by atoms with E-state index in [9.17, 15) is 19.1 Å². The van der Waals surface area contributed by atoms with E-state index >= 15 is 0 Å². The van der Waals surface area contributed by atoms with Crippen LogP contribution in [0.5, 0.6) is 11.5 Å². The van der Waals surface area contributed by atoms with Crippen LogP contribution in [0.3, 0.4) is 0 Å². The van der Waals surface area contributed by atoms with Crippen LogP contribution in [0, 0.1) is 0 Å². The number of thioether (sulfide) groups is 1. The fourth-order valence-electron chi connectivity index (χ4n) is 4.85. The van der Waals surface area contributed by atoms with Gasteiger partial charge < -0.3 is 24.1 Å². The third-order valence-electron chi connectivity index (χ3n) is 7.18. The summed E-state index contributed by atoms with van der Waals surface area (Å²) in [4.78, 5) is 24.9. The van der Waals surface area contributed by atoms with Crippen LogP contribution in [-0.4, -0.2) is 48.9 Å².